The Morgan fingerprint density at radius 2 is 2.06 bits per heavy atom. The normalized spacial score (nSPS) is 14.1. The minimum Gasteiger partial charge on any atom is -0.326 e. The SMILES string of the molecule is CN(C)C(CCC(C)(C)N)c1ccccn1. The molecule has 3 heteroatoms. The van der Waals surface area contributed by atoms with E-state index in [2.05, 4.69) is 43.9 Å². The van der Waals surface area contributed by atoms with Gasteiger partial charge in [-0.1, -0.05) is 6.07 Å². The Morgan fingerprint density at radius 1 is 1.38 bits per heavy atom. The Labute approximate surface area is 98.7 Å². The van der Waals surface area contributed by atoms with Gasteiger partial charge in [-0.05, 0) is 52.9 Å². The summed E-state index contributed by atoms with van der Waals surface area (Å²) < 4.78 is 0. The molecule has 0 bridgehead atoms. The highest BCUT2D eigenvalue weighted by Crippen LogP contribution is 2.24. The fourth-order valence-corrected chi connectivity index (χ4v) is 1.75. The number of aromatic nitrogens is 1. The molecular formula is C13H23N3. The van der Waals surface area contributed by atoms with Gasteiger partial charge in [0.2, 0.25) is 0 Å². The van der Waals surface area contributed by atoms with Crippen molar-refractivity contribution in [3.05, 3.63) is 30.1 Å². The molecule has 0 radical (unpaired) electrons. The summed E-state index contributed by atoms with van der Waals surface area (Å²) in [5.74, 6) is 0. The molecule has 1 aromatic rings. The average molecular weight is 221 g/mol. The van der Waals surface area contributed by atoms with Crippen LogP contribution >= 0.6 is 0 Å². The third-order valence-corrected chi connectivity index (χ3v) is 2.71. The second kappa shape index (κ2) is 5.41. The van der Waals surface area contributed by atoms with Crippen LogP contribution in [-0.2, 0) is 0 Å². The maximum Gasteiger partial charge on any atom is 0.0575 e. The van der Waals surface area contributed by atoms with Gasteiger partial charge in [0.05, 0.1) is 11.7 Å². The molecule has 0 aromatic carbocycles. The van der Waals surface area contributed by atoms with E-state index in [1.807, 2.05) is 18.3 Å². The van der Waals surface area contributed by atoms with E-state index in [0.717, 1.165) is 18.5 Å². The van der Waals surface area contributed by atoms with Crippen LogP contribution in [0.1, 0.15) is 38.4 Å². The van der Waals surface area contributed by atoms with Crippen molar-refractivity contribution in [2.75, 3.05) is 14.1 Å². The zero-order valence-electron chi connectivity index (χ0n) is 10.8. The molecule has 2 N–H and O–H groups in total. The van der Waals surface area contributed by atoms with Gasteiger partial charge >= 0.3 is 0 Å². The number of nitrogens with zero attached hydrogens (tertiary/aromatic N) is 2. The highest BCUT2D eigenvalue weighted by Gasteiger charge is 2.19. The number of hydrogen-bond acceptors (Lipinski definition) is 3. The fourth-order valence-electron chi connectivity index (χ4n) is 1.75. The first kappa shape index (κ1) is 13.1. The molecule has 0 fully saturated rings. The van der Waals surface area contributed by atoms with Crippen LogP contribution in [0.15, 0.2) is 24.4 Å². The molecule has 0 amide bonds. The summed E-state index contributed by atoms with van der Waals surface area (Å²) in [6, 6.07) is 6.41. The van der Waals surface area contributed by atoms with Gasteiger partial charge in [0.1, 0.15) is 0 Å². The van der Waals surface area contributed by atoms with Gasteiger partial charge in [-0.2, -0.15) is 0 Å². The minimum absolute atomic E-state index is 0.108. The zero-order chi connectivity index (χ0) is 12.2. The van der Waals surface area contributed by atoms with Crippen LogP contribution in [0.2, 0.25) is 0 Å². The Balaban J connectivity index is 2.70. The van der Waals surface area contributed by atoms with Crippen LogP contribution in [0.3, 0.4) is 0 Å². The Hall–Kier alpha value is -0.930. The standard InChI is InChI=1S/C13H23N3/c1-13(2,14)9-8-12(16(3)4)11-7-5-6-10-15-11/h5-7,10,12H,8-9,14H2,1-4H3. The predicted molar refractivity (Wildman–Crippen MR) is 68.2 cm³/mol. The van der Waals surface area contributed by atoms with Crippen molar-refractivity contribution in [3.8, 4) is 0 Å². The first-order valence-electron chi connectivity index (χ1n) is 5.76. The number of hydrogen-bond donors (Lipinski definition) is 1. The van der Waals surface area contributed by atoms with Crippen molar-refractivity contribution in [2.24, 2.45) is 5.73 Å². The van der Waals surface area contributed by atoms with E-state index in [4.69, 9.17) is 5.73 Å². The minimum atomic E-state index is -0.108. The number of pyridine rings is 1. The molecule has 1 rings (SSSR count). The van der Waals surface area contributed by atoms with Gasteiger partial charge in [-0.25, -0.2) is 0 Å². The van der Waals surface area contributed by atoms with E-state index in [1.165, 1.54) is 0 Å². The second-order valence-electron chi connectivity index (χ2n) is 5.26. The van der Waals surface area contributed by atoms with Gasteiger partial charge < -0.3 is 10.6 Å². The molecule has 0 saturated heterocycles. The first-order chi connectivity index (χ1) is 7.40. The van der Waals surface area contributed by atoms with Crippen molar-refractivity contribution in [1.29, 1.82) is 0 Å². The lowest BCUT2D eigenvalue weighted by Gasteiger charge is -2.27. The summed E-state index contributed by atoms with van der Waals surface area (Å²) in [5, 5.41) is 0. The molecule has 0 aliphatic heterocycles. The molecule has 1 aromatic heterocycles. The lowest BCUT2D eigenvalue weighted by molar-refractivity contribution is 0.256. The van der Waals surface area contributed by atoms with E-state index in [1.54, 1.807) is 0 Å². The quantitative estimate of drug-likeness (QED) is 0.829. The molecule has 1 unspecified atom stereocenters. The van der Waals surface area contributed by atoms with Gasteiger partial charge in [-0.3, -0.25) is 4.98 Å². The molecule has 3 nitrogen and oxygen atoms in total. The Morgan fingerprint density at radius 3 is 2.50 bits per heavy atom. The molecule has 16 heavy (non-hydrogen) atoms. The molecule has 90 valence electrons. The first-order valence-corrected chi connectivity index (χ1v) is 5.76. The lowest BCUT2D eigenvalue weighted by Crippen LogP contribution is -2.33. The van der Waals surface area contributed by atoms with Gasteiger partial charge in [-0.15, -0.1) is 0 Å². The number of rotatable bonds is 5. The zero-order valence-corrected chi connectivity index (χ0v) is 10.8. The summed E-state index contributed by atoms with van der Waals surface area (Å²) in [6.45, 7) is 4.14. The molecule has 1 heterocycles. The van der Waals surface area contributed by atoms with Gasteiger partial charge in [0.25, 0.3) is 0 Å². The summed E-state index contributed by atoms with van der Waals surface area (Å²) >= 11 is 0. The highest BCUT2D eigenvalue weighted by atomic mass is 15.1. The average Bonchev–Trinajstić information content (AvgIpc) is 2.17. The van der Waals surface area contributed by atoms with E-state index in [0.29, 0.717) is 6.04 Å². The van der Waals surface area contributed by atoms with E-state index >= 15 is 0 Å². The second-order valence-corrected chi connectivity index (χ2v) is 5.26. The Bertz CT molecular complexity index is 301. The molecule has 0 aliphatic rings. The summed E-state index contributed by atoms with van der Waals surface area (Å²) in [4.78, 5) is 6.62. The van der Waals surface area contributed by atoms with Crippen molar-refractivity contribution < 1.29 is 0 Å². The molecule has 1 atom stereocenters. The van der Waals surface area contributed by atoms with Crippen LogP contribution < -0.4 is 5.73 Å². The maximum absolute atomic E-state index is 6.02. The molecule has 0 aliphatic carbocycles. The highest BCUT2D eigenvalue weighted by molar-refractivity contribution is 5.08. The molecular weight excluding hydrogens is 198 g/mol. The largest absolute Gasteiger partial charge is 0.326 e. The van der Waals surface area contributed by atoms with Crippen LogP contribution in [-0.4, -0.2) is 29.5 Å². The molecule has 0 spiro atoms. The van der Waals surface area contributed by atoms with Crippen LogP contribution in [0, 0.1) is 0 Å². The summed E-state index contributed by atoms with van der Waals surface area (Å²) in [7, 11) is 4.17. The van der Waals surface area contributed by atoms with Crippen LogP contribution in [0.4, 0.5) is 0 Å². The maximum atomic E-state index is 6.02. The molecule has 0 saturated carbocycles. The monoisotopic (exact) mass is 221 g/mol. The van der Waals surface area contributed by atoms with Crippen LogP contribution in [0.25, 0.3) is 0 Å². The van der Waals surface area contributed by atoms with Crippen molar-refractivity contribution in [3.63, 3.8) is 0 Å². The smallest absolute Gasteiger partial charge is 0.0575 e. The van der Waals surface area contributed by atoms with Crippen molar-refractivity contribution >= 4 is 0 Å². The van der Waals surface area contributed by atoms with Gasteiger partial charge in [0.15, 0.2) is 0 Å². The Kier molecular flexibility index (Phi) is 4.44. The van der Waals surface area contributed by atoms with E-state index < -0.39 is 0 Å². The van der Waals surface area contributed by atoms with Crippen molar-refractivity contribution in [1.82, 2.24) is 9.88 Å². The number of nitrogens with two attached hydrogens (primary N) is 1. The van der Waals surface area contributed by atoms with E-state index in [-0.39, 0.29) is 5.54 Å². The van der Waals surface area contributed by atoms with Crippen molar-refractivity contribution in [2.45, 2.75) is 38.3 Å². The topological polar surface area (TPSA) is 42.1 Å². The lowest BCUT2D eigenvalue weighted by atomic mass is 9.95. The predicted octanol–water partition coefficient (Wildman–Crippen LogP) is 2.20. The third-order valence-electron chi connectivity index (χ3n) is 2.71. The van der Waals surface area contributed by atoms with Gasteiger partial charge in [0, 0.05) is 11.7 Å². The summed E-state index contributed by atoms with van der Waals surface area (Å²) in [6.07, 6.45) is 3.87. The summed E-state index contributed by atoms with van der Waals surface area (Å²) in [5.41, 5.74) is 7.04. The van der Waals surface area contributed by atoms with E-state index in [9.17, 15) is 0 Å². The third kappa shape index (κ3) is 4.29. The van der Waals surface area contributed by atoms with Crippen LogP contribution in [0.5, 0.6) is 0 Å². The fraction of sp³-hybridized carbons (Fsp3) is 0.615.